The van der Waals surface area contributed by atoms with E-state index in [4.69, 9.17) is 11.6 Å². The highest BCUT2D eigenvalue weighted by molar-refractivity contribution is 8.07. The van der Waals surface area contributed by atoms with Gasteiger partial charge in [0.2, 0.25) is 5.28 Å². The lowest BCUT2D eigenvalue weighted by Crippen LogP contribution is -2.07. The second-order valence-corrected chi connectivity index (χ2v) is 6.89. The summed E-state index contributed by atoms with van der Waals surface area (Å²) in [5.74, 6) is 0.393. The maximum absolute atomic E-state index is 9.39. The monoisotopic (exact) mass is 337 g/mol. The Morgan fingerprint density at radius 2 is 2.36 bits per heavy atom. The number of halogens is 1. The van der Waals surface area contributed by atoms with E-state index in [-0.39, 0.29) is 11.9 Å². The van der Waals surface area contributed by atoms with Crippen molar-refractivity contribution in [2.45, 2.75) is 32.2 Å². The molecule has 1 aliphatic carbocycles. The van der Waals surface area contributed by atoms with Gasteiger partial charge in [-0.05, 0) is 50.0 Å². The number of rotatable bonds is 4. The third kappa shape index (κ3) is 2.77. The molecule has 22 heavy (non-hydrogen) atoms. The Morgan fingerprint density at radius 1 is 1.55 bits per heavy atom. The average Bonchev–Trinajstić information content (AvgIpc) is 3.13. The lowest BCUT2D eigenvalue weighted by Gasteiger charge is -2.13. The molecule has 0 saturated heterocycles. The van der Waals surface area contributed by atoms with Crippen LogP contribution >= 0.6 is 23.4 Å². The number of aliphatic hydroxyl groups is 1. The molecule has 2 heterocycles. The molecule has 0 unspecified atom stereocenters. The molecule has 0 spiro atoms. The van der Waals surface area contributed by atoms with Crippen LogP contribution in [0.1, 0.15) is 37.8 Å². The van der Waals surface area contributed by atoms with Gasteiger partial charge in [-0.25, -0.2) is 4.98 Å². The van der Waals surface area contributed by atoms with Gasteiger partial charge in [0.25, 0.3) is 0 Å². The lowest BCUT2D eigenvalue weighted by atomic mass is 10.1. The zero-order valence-electron chi connectivity index (χ0n) is 12.8. The van der Waals surface area contributed by atoms with Gasteiger partial charge in [0.05, 0.1) is 0 Å². The molecule has 1 saturated carbocycles. The van der Waals surface area contributed by atoms with Crippen molar-refractivity contribution in [3.63, 3.8) is 0 Å². The summed E-state index contributed by atoms with van der Waals surface area (Å²) < 4.78 is 2.23. The van der Waals surface area contributed by atoms with Crippen LogP contribution in [0.4, 0.5) is 0 Å². The second-order valence-electron chi connectivity index (χ2n) is 5.70. The Bertz CT molecular complexity index is 713. The zero-order chi connectivity index (χ0) is 15.7. The molecule has 1 aliphatic rings. The standard InChI is InChI=1S/C16H20ClN3OS/c1-3-14(22-2)13-8-20(11-5-4-10(6-11)9-21)15-12(13)7-18-16(17)19-15/h3,7-8,10-11,21H,4-6,9H2,1-2H3/b14-3-/t10-,11+/m1/s1. The van der Waals surface area contributed by atoms with Crippen LogP contribution in [-0.2, 0) is 0 Å². The smallest absolute Gasteiger partial charge is 0.224 e. The van der Waals surface area contributed by atoms with Gasteiger partial charge in [0, 0.05) is 40.9 Å². The first kappa shape index (κ1) is 15.8. The Kier molecular flexibility index (Phi) is 4.76. The molecule has 2 atom stereocenters. The fourth-order valence-electron chi connectivity index (χ4n) is 3.33. The summed E-state index contributed by atoms with van der Waals surface area (Å²) in [7, 11) is 0. The normalized spacial score (nSPS) is 22.6. The van der Waals surface area contributed by atoms with Crippen molar-refractivity contribution in [3.8, 4) is 0 Å². The minimum atomic E-state index is 0.267. The molecule has 118 valence electrons. The van der Waals surface area contributed by atoms with Crippen LogP contribution in [0.5, 0.6) is 0 Å². The molecule has 0 radical (unpaired) electrons. The third-order valence-electron chi connectivity index (χ3n) is 4.45. The van der Waals surface area contributed by atoms with Crippen LogP contribution in [0.25, 0.3) is 15.9 Å². The van der Waals surface area contributed by atoms with Gasteiger partial charge < -0.3 is 9.67 Å². The van der Waals surface area contributed by atoms with Crippen molar-refractivity contribution in [2.24, 2.45) is 5.92 Å². The van der Waals surface area contributed by atoms with Crippen molar-refractivity contribution in [2.75, 3.05) is 12.9 Å². The minimum absolute atomic E-state index is 0.267. The summed E-state index contributed by atoms with van der Waals surface area (Å²) >= 11 is 7.74. The van der Waals surface area contributed by atoms with Crippen LogP contribution in [0.3, 0.4) is 0 Å². The maximum atomic E-state index is 9.39. The van der Waals surface area contributed by atoms with Crippen molar-refractivity contribution >= 4 is 39.3 Å². The molecular formula is C16H20ClN3OS. The van der Waals surface area contributed by atoms with Gasteiger partial charge in [-0.1, -0.05) is 6.08 Å². The van der Waals surface area contributed by atoms with Crippen molar-refractivity contribution in [1.29, 1.82) is 0 Å². The summed E-state index contributed by atoms with van der Waals surface area (Å²) in [6.07, 6.45) is 11.3. The molecule has 0 aliphatic heterocycles. The van der Waals surface area contributed by atoms with Crippen molar-refractivity contribution < 1.29 is 5.11 Å². The number of hydrogen-bond donors (Lipinski definition) is 1. The Hall–Kier alpha value is -1.04. The van der Waals surface area contributed by atoms with Crippen LogP contribution in [0.2, 0.25) is 5.28 Å². The van der Waals surface area contributed by atoms with E-state index >= 15 is 0 Å². The highest BCUT2D eigenvalue weighted by atomic mass is 35.5. The van der Waals surface area contributed by atoms with E-state index < -0.39 is 0 Å². The van der Waals surface area contributed by atoms with Gasteiger partial charge in [0.1, 0.15) is 5.65 Å². The van der Waals surface area contributed by atoms with Crippen LogP contribution in [0.15, 0.2) is 18.5 Å². The van der Waals surface area contributed by atoms with Crippen molar-refractivity contribution in [3.05, 3.63) is 29.3 Å². The first-order valence-corrected chi connectivity index (χ1v) is 9.12. The van der Waals surface area contributed by atoms with E-state index in [1.807, 2.05) is 13.1 Å². The summed E-state index contributed by atoms with van der Waals surface area (Å²) in [5.41, 5.74) is 2.06. The zero-order valence-corrected chi connectivity index (χ0v) is 14.4. The van der Waals surface area contributed by atoms with Gasteiger partial charge in [-0.2, -0.15) is 4.98 Å². The first-order valence-electron chi connectivity index (χ1n) is 7.52. The highest BCUT2D eigenvalue weighted by Gasteiger charge is 2.27. The number of nitrogens with zero attached hydrogens (tertiary/aromatic N) is 3. The fourth-order valence-corrected chi connectivity index (χ4v) is 4.08. The molecule has 1 N–H and O–H groups in total. The van der Waals surface area contributed by atoms with Gasteiger partial charge >= 0.3 is 0 Å². The van der Waals surface area contributed by atoms with E-state index in [0.29, 0.717) is 12.0 Å². The molecule has 2 aromatic heterocycles. The molecule has 3 rings (SSSR count). The maximum Gasteiger partial charge on any atom is 0.224 e. The molecule has 2 aromatic rings. The lowest BCUT2D eigenvalue weighted by molar-refractivity contribution is 0.226. The largest absolute Gasteiger partial charge is 0.396 e. The number of aliphatic hydroxyl groups excluding tert-OH is 1. The molecule has 0 aromatic carbocycles. The highest BCUT2D eigenvalue weighted by Crippen LogP contribution is 2.39. The topological polar surface area (TPSA) is 50.9 Å². The van der Waals surface area contributed by atoms with Crippen LogP contribution in [0, 0.1) is 5.92 Å². The Balaban J connectivity index is 2.12. The minimum Gasteiger partial charge on any atom is -0.396 e. The second kappa shape index (κ2) is 6.60. The molecule has 6 heteroatoms. The Labute approximate surface area is 139 Å². The quantitative estimate of drug-likeness (QED) is 0.852. The summed E-state index contributed by atoms with van der Waals surface area (Å²) in [5, 5.41) is 10.7. The van der Waals surface area contributed by atoms with E-state index in [9.17, 15) is 5.11 Å². The molecule has 0 amide bonds. The first-order chi connectivity index (χ1) is 10.7. The van der Waals surface area contributed by atoms with Crippen LogP contribution in [-0.4, -0.2) is 32.5 Å². The molecule has 0 bridgehead atoms. The number of allylic oxidation sites excluding steroid dienone is 1. The van der Waals surface area contributed by atoms with Gasteiger partial charge in [-0.15, -0.1) is 11.8 Å². The predicted octanol–water partition coefficient (Wildman–Crippen LogP) is 4.14. The summed E-state index contributed by atoms with van der Waals surface area (Å²) in [6, 6.07) is 0.374. The molecule has 4 nitrogen and oxygen atoms in total. The third-order valence-corrected chi connectivity index (χ3v) is 5.53. The number of fused-ring (bicyclic) bond motifs is 1. The van der Waals surface area contributed by atoms with E-state index in [2.05, 4.69) is 33.1 Å². The SMILES string of the molecule is C/C=C(\SC)c1cn([C@H]2CC[C@@H](CO)C2)c2nc(Cl)ncc12. The fraction of sp³-hybridized carbons (Fsp3) is 0.500. The summed E-state index contributed by atoms with van der Waals surface area (Å²) in [4.78, 5) is 9.83. The predicted molar refractivity (Wildman–Crippen MR) is 93.2 cm³/mol. The van der Waals surface area contributed by atoms with Crippen molar-refractivity contribution in [1.82, 2.24) is 14.5 Å². The number of thioether (sulfide) groups is 1. The van der Waals surface area contributed by atoms with E-state index in [1.54, 1.807) is 11.8 Å². The van der Waals surface area contributed by atoms with Crippen LogP contribution < -0.4 is 0 Å². The average molecular weight is 338 g/mol. The molecule has 1 fully saturated rings. The molecular weight excluding hydrogens is 318 g/mol. The number of hydrogen-bond acceptors (Lipinski definition) is 4. The summed E-state index contributed by atoms with van der Waals surface area (Å²) in [6.45, 7) is 2.31. The Morgan fingerprint density at radius 3 is 3.00 bits per heavy atom. The van der Waals surface area contributed by atoms with Gasteiger partial charge in [-0.3, -0.25) is 0 Å². The van der Waals surface area contributed by atoms with E-state index in [1.165, 1.54) is 4.91 Å². The number of aromatic nitrogens is 3. The van der Waals surface area contributed by atoms with Gasteiger partial charge in [0.15, 0.2) is 0 Å². The van der Waals surface area contributed by atoms with E-state index in [0.717, 1.165) is 35.9 Å².